The van der Waals surface area contributed by atoms with Crippen molar-refractivity contribution in [3.05, 3.63) is 11.8 Å². The molecule has 1 atom stereocenters. The highest BCUT2D eigenvalue weighted by Gasteiger charge is 2.17. The summed E-state index contributed by atoms with van der Waals surface area (Å²) in [4.78, 5) is 0. The molecule has 4 heteroatoms. The number of nitrogens with zero attached hydrogens (tertiary/aromatic N) is 2. The van der Waals surface area contributed by atoms with Crippen LogP contribution in [-0.2, 0) is 6.54 Å². The Morgan fingerprint density at radius 2 is 2.67 bits per heavy atom. The lowest BCUT2D eigenvalue weighted by atomic mass is 10.1. The zero-order valence-electron chi connectivity index (χ0n) is 7.25. The average molecular weight is 166 g/mol. The summed E-state index contributed by atoms with van der Waals surface area (Å²) in [6, 6.07) is 2.06. The first-order chi connectivity index (χ1) is 5.79. The Balaban J connectivity index is 2.22. The van der Waals surface area contributed by atoms with Crippen molar-refractivity contribution in [2.45, 2.75) is 13.5 Å². The van der Waals surface area contributed by atoms with Gasteiger partial charge in [-0.1, -0.05) is 0 Å². The number of anilines is 1. The molecule has 1 aromatic heterocycles. The van der Waals surface area contributed by atoms with Gasteiger partial charge in [-0.3, -0.25) is 0 Å². The highest BCUT2D eigenvalue weighted by molar-refractivity contribution is 5.38. The van der Waals surface area contributed by atoms with Crippen molar-refractivity contribution >= 4 is 5.82 Å². The smallest absolute Gasteiger partial charge is 0.124 e. The Labute approximate surface area is 71.7 Å². The van der Waals surface area contributed by atoms with Crippen LogP contribution in [0.25, 0.3) is 0 Å². The molecule has 1 unspecified atom stereocenters. The minimum Gasteiger partial charge on any atom is -0.370 e. The topological polar surface area (TPSA) is 55.9 Å². The molecule has 0 saturated heterocycles. The van der Waals surface area contributed by atoms with Crippen LogP contribution in [0.4, 0.5) is 5.82 Å². The highest BCUT2D eigenvalue weighted by atomic mass is 15.3. The molecule has 66 valence electrons. The van der Waals surface area contributed by atoms with Crippen LogP contribution >= 0.6 is 0 Å². The molecule has 2 rings (SSSR count). The Morgan fingerprint density at radius 1 is 1.83 bits per heavy atom. The van der Waals surface area contributed by atoms with Gasteiger partial charge < -0.3 is 11.1 Å². The molecule has 0 saturated carbocycles. The minimum atomic E-state index is 0.525. The van der Waals surface area contributed by atoms with Crippen LogP contribution in [0.5, 0.6) is 0 Å². The number of rotatable bonds is 1. The van der Waals surface area contributed by atoms with E-state index < -0.39 is 0 Å². The summed E-state index contributed by atoms with van der Waals surface area (Å²) in [5.41, 5.74) is 6.65. The fourth-order valence-electron chi connectivity index (χ4n) is 1.54. The SMILES string of the molecule is Cc1cc2n(n1)CC(CN)CN2. The Kier molecular flexibility index (Phi) is 1.77. The average Bonchev–Trinajstić information content (AvgIpc) is 2.43. The maximum Gasteiger partial charge on any atom is 0.124 e. The van der Waals surface area contributed by atoms with Gasteiger partial charge in [-0.05, 0) is 13.5 Å². The fourth-order valence-corrected chi connectivity index (χ4v) is 1.54. The quantitative estimate of drug-likeness (QED) is 0.626. The molecule has 4 nitrogen and oxygen atoms in total. The number of nitrogens with one attached hydrogen (secondary N) is 1. The van der Waals surface area contributed by atoms with Gasteiger partial charge in [0.25, 0.3) is 0 Å². The van der Waals surface area contributed by atoms with Crippen molar-refractivity contribution in [1.29, 1.82) is 0 Å². The number of hydrogen-bond acceptors (Lipinski definition) is 3. The van der Waals surface area contributed by atoms with E-state index in [0.29, 0.717) is 5.92 Å². The van der Waals surface area contributed by atoms with Gasteiger partial charge in [0.1, 0.15) is 5.82 Å². The monoisotopic (exact) mass is 166 g/mol. The fraction of sp³-hybridized carbons (Fsp3) is 0.625. The summed E-state index contributed by atoms with van der Waals surface area (Å²) in [7, 11) is 0. The minimum absolute atomic E-state index is 0.525. The van der Waals surface area contributed by atoms with Crippen LogP contribution in [0, 0.1) is 12.8 Å². The van der Waals surface area contributed by atoms with Gasteiger partial charge in [-0.2, -0.15) is 5.10 Å². The van der Waals surface area contributed by atoms with Crippen LogP contribution in [0.3, 0.4) is 0 Å². The third-order valence-corrected chi connectivity index (χ3v) is 2.24. The molecule has 0 radical (unpaired) electrons. The van der Waals surface area contributed by atoms with Gasteiger partial charge in [-0.25, -0.2) is 4.68 Å². The molecule has 1 aliphatic rings. The summed E-state index contributed by atoms with van der Waals surface area (Å²) in [6.45, 7) is 4.66. The molecule has 12 heavy (non-hydrogen) atoms. The van der Waals surface area contributed by atoms with Gasteiger partial charge in [-0.15, -0.1) is 0 Å². The molecule has 1 aliphatic heterocycles. The van der Waals surface area contributed by atoms with E-state index in [1.807, 2.05) is 11.6 Å². The molecule has 1 aromatic rings. The normalized spacial score (nSPS) is 21.7. The van der Waals surface area contributed by atoms with E-state index in [0.717, 1.165) is 31.1 Å². The zero-order chi connectivity index (χ0) is 8.55. The van der Waals surface area contributed by atoms with Gasteiger partial charge in [0.2, 0.25) is 0 Å². The molecule has 0 spiro atoms. The number of aromatic nitrogens is 2. The van der Waals surface area contributed by atoms with Crippen LogP contribution in [0.15, 0.2) is 6.07 Å². The molecule has 0 aromatic carbocycles. The van der Waals surface area contributed by atoms with E-state index in [1.165, 1.54) is 0 Å². The van der Waals surface area contributed by atoms with E-state index in [-0.39, 0.29) is 0 Å². The third-order valence-electron chi connectivity index (χ3n) is 2.24. The summed E-state index contributed by atoms with van der Waals surface area (Å²) < 4.78 is 2.00. The number of hydrogen-bond donors (Lipinski definition) is 2. The van der Waals surface area contributed by atoms with Crippen molar-refractivity contribution in [3.63, 3.8) is 0 Å². The second kappa shape index (κ2) is 2.79. The van der Waals surface area contributed by atoms with Crippen molar-refractivity contribution in [1.82, 2.24) is 9.78 Å². The summed E-state index contributed by atoms with van der Waals surface area (Å²) >= 11 is 0. The molecule has 0 bridgehead atoms. The van der Waals surface area contributed by atoms with E-state index in [9.17, 15) is 0 Å². The molecule has 0 fully saturated rings. The molecule has 2 heterocycles. The first kappa shape index (κ1) is 7.61. The first-order valence-corrected chi connectivity index (χ1v) is 4.28. The van der Waals surface area contributed by atoms with E-state index in [2.05, 4.69) is 16.5 Å². The summed E-state index contributed by atoms with van der Waals surface area (Å²) in [6.07, 6.45) is 0. The van der Waals surface area contributed by atoms with Crippen LogP contribution < -0.4 is 11.1 Å². The molecule has 3 N–H and O–H groups in total. The predicted octanol–water partition coefficient (Wildman–Crippen LogP) is 0.192. The highest BCUT2D eigenvalue weighted by Crippen LogP contribution is 2.17. The van der Waals surface area contributed by atoms with Crippen LogP contribution in [0.1, 0.15) is 5.69 Å². The van der Waals surface area contributed by atoms with Crippen molar-refractivity contribution < 1.29 is 0 Å². The second-order valence-corrected chi connectivity index (χ2v) is 3.34. The number of aryl methyl sites for hydroxylation is 1. The largest absolute Gasteiger partial charge is 0.370 e. The lowest BCUT2D eigenvalue weighted by molar-refractivity contribution is 0.421. The molecular weight excluding hydrogens is 152 g/mol. The van der Waals surface area contributed by atoms with E-state index in [4.69, 9.17) is 5.73 Å². The Bertz CT molecular complexity index is 279. The number of nitrogens with two attached hydrogens (primary N) is 1. The van der Waals surface area contributed by atoms with E-state index >= 15 is 0 Å². The molecule has 0 aliphatic carbocycles. The standard InChI is InChI=1S/C8H14N4/c1-6-2-8-10-4-7(3-9)5-12(8)11-6/h2,7,10H,3-5,9H2,1H3. The van der Waals surface area contributed by atoms with Crippen molar-refractivity contribution in [3.8, 4) is 0 Å². The maximum absolute atomic E-state index is 5.59. The second-order valence-electron chi connectivity index (χ2n) is 3.34. The van der Waals surface area contributed by atoms with Gasteiger partial charge in [0.05, 0.1) is 5.69 Å². The maximum atomic E-state index is 5.59. The molecular formula is C8H14N4. The van der Waals surface area contributed by atoms with E-state index in [1.54, 1.807) is 0 Å². The lowest BCUT2D eigenvalue weighted by Gasteiger charge is -2.23. The third kappa shape index (κ3) is 1.18. The summed E-state index contributed by atoms with van der Waals surface area (Å²) in [5, 5.41) is 7.65. The van der Waals surface area contributed by atoms with Crippen LogP contribution in [-0.4, -0.2) is 22.9 Å². The zero-order valence-corrected chi connectivity index (χ0v) is 7.25. The Hall–Kier alpha value is -1.03. The van der Waals surface area contributed by atoms with Gasteiger partial charge in [0.15, 0.2) is 0 Å². The lowest BCUT2D eigenvalue weighted by Crippen LogP contribution is -2.32. The predicted molar refractivity (Wildman–Crippen MR) is 48.0 cm³/mol. The first-order valence-electron chi connectivity index (χ1n) is 4.28. The van der Waals surface area contributed by atoms with Crippen molar-refractivity contribution in [2.24, 2.45) is 11.7 Å². The van der Waals surface area contributed by atoms with Crippen molar-refractivity contribution in [2.75, 3.05) is 18.4 Å². The molecule has 0 amide bonds. The summed E-state index contributed by atoms with van der Waals surface area (Å²) in [5.74, 6) is 1.65. The van der Waals surface area contributed by atoms with Crippen LogP contribution in [0.2, 0.25) is 0 Å². The Morgan fingerprint density at radius 3 is 3.42 bits per heavy atom. The van der Waals surface area contributed by atoms with Gasteiger partial charge in [0, 0.05) is 25.1 Å². The van der Waals surface area contributed by atoms with Gasteiger partial charge >= 0.3 is 0 Å². The number of fused-ring (bicyclic) bond motifs is 1.